The van der Waals surface area contributed by atoms with Crippen molar-refractivity contribution < 1.29 is 14.0 Å². The summed E-state index contributed by atoms with van der Waals surface area (Å²) >= 11 is 5.65. The van der Waals surface area contributed by atoms with Gasteiger partial charge in [0.05, 0.1) is 10.6 Å². The second-order valence-corrected chi connectivity index (χ2v) is 3.89. The van der Waals surface area contributed by atoms with Crippen LogP contribution in [0.1, 0.15) is 25.3 Å². The Balaban J connectivity index is 2.40. The minimum Gasteiger partial charge on any atom is -0.385 e. The summed E-state index contributed by atoms with van der Waals surface area (Å²) in [5.74, 6) is -0.468. The molecule has 1 atom stereocenters. The maximum Gasteiger partial charge on any atom is 0.261 e. The van der Waals surface area contributed by atoms with Crippen molar-refractivity contribution in [2.45, 2.75) is 19.4 Å². The molecule has 0 bridgehead atoms. The first-order valence-electron chi connectivity index (χ1n) is 5.09. The lowest BCUT2D eigenvalue weighted by Crippen LogP contribution is -1.97. The van der Waals surface area contributed by atoms with Crippen molar-refractivity contribution >= 4 is 11.6 Å². The number of hydrogen-bond acceptors (Lipinski definition) is 4. The van der Waals surface area contributed by atoms with Gasteiger partial charge in [0, 0.05) is 0 Å². The minimum absolute atomic E-state index is 0.00694. The van der Waals surface area contributed by atoms with E-state index in [1.807, 2.05) is 0 Å². The molecule has 1 aromatic heterocycles. The summed E-state index contributed by atoms with van der Waals surface area (Å²) in [5, 5.41) is 13.1. The molecule has 1 aromatic carbocycles. The molecule has 6 heteroatoms. The second kappa shape index (κ2) is 4.81. The summed E-state index contributed by atoms with van der Waals surface area (Å²) in [6.07, 6.45) is -0.355. The van der Waals surface area contributed by atoms with E-state index >= 15 is 0 Å². The lowest BCUT2D eigenvalue weighted by molar-refractivity contribution is 0.159. The van der Waals surface area contributed by atoms with Gasteiger partial charge in [-0.15, -0.1) is 0 Å². The molecule has 0 radical (unpaired) electrons. The van der Waals surface area contributed by atoms with Crippen LogP contribution in [0.15, 0.2) is 22.7 Å². The van der Waals surface area contributed by atoms with E-state index in [1.54, 1.807) is 13.0 Å². The fourth-order valence-electron chi connectivity index (χ4n) is 1.33. The van der Waals surface area contributed by atoms with Gasteiger partial charge in [0.15, 0.2) is 5.82 Å². The second-order valence-electron chi connectivity index (χ2n) is 3.48. The Morgan fingerprint density at radius 3 is 3.00 bits per heavy atom. The van der Waals surface area contributed by atoms with E-state index in [-0.39, 0.29) is 22.3 Å². The molecule has 0 saturated heterocycles. The Hall–Kier alpha value is -1.46. The third-order valence-corrected chi connectivity index (χ3v) is 2.60. The smallest absolute Gasteiger partial charge is 0.261 e. The molecule has 90 valence electrons. The van der Waals surface area contributed by atoms with E-state index in [0.29, 0.717) is 6.42 Å². The van der Waals surface area contributed by atoms with Gasteiger partial charge in [-0.25, -0.2) is 4.39 Å². The van der Waals surface area contributed by atoms with Gasteiger partial charge in [0.1, 0.15) is 6.10 Å². The van der Waals surface area contributed by atoms with Crippen LogP contribution in [0.5, 0.6) is 0 Å². The van der Waals surface area contributed by atoms with Gasteiger partial charge in [-0.2, -0.15) is 4.98 Å². The highest BCUT2D eigenvalue weighted by Gasteiger charge is 2.18. The van der Waals surface area contributed by atoms with Crippen LogP contribution in [0.2, 0.25) is 5.02 Å². The first-order chi connectivity index (χ1) is 8.13. The normalized spacial score (nSPS) is 12.7. The number of rotatable bonds is 3. The van der Waals surface area contributed by atoms with E-state index in [0.717, 1.165) is 0 Å². The zero-order chi connectivity index (χ0) is 12.4. The lowest BCUT2D eigenvalue weighted by Gasteiger charge is -1.99. The van der Waals surface area contributed by atoms with Crippen molar-refractivity contribution in [3.63, 3.8) is 0 Å². The molecule has 0 saturated carbocycles. The van der Waals surface area contributed by atoms with Crippen LogP contribution in [0.3, 0.4) is 0 Å². The van der Waals surface area contributed by atoms with Crippen molar-refractivity contribution in [2.24, 2.45) is 0 Å². The van der Waals surface area contributed by atoms with Gasteiger partial charge < -0.3 is 9.63 Å². The average Bonchev–Trinajstić information content (AvgIpc) is 2.81. The first kappa shape index (κ1) is 12.0. The van der Waals surface area contributed by atoms with Gasteiger partial charge >= 0.3 is 0 Å². The summed E-state index contributed by atoms with van der Waals surface area (Å²) in [6, 6.07) is 4.50. The van der Waals surface area contributed by atoms with Gasteiger partial charge in [0.25, 0.3) is 5.89 Å². The minimum atomic E-state index is -0.810. The van der Waals surface area contributed by atoms with Gasteiger partial charge in [-0.05, 0) is 18.6 Å². The molecule has 1 heterocycles. The molecule has 0 aliphatic heterocycles. The number of halogens is 2. The van der Waals surface area contributed by atoms with Crippen molar-refractivity contribution in [3.05, 3.63) is 34.9 Å². The molecule has 1 unspecified atom stereocenters. The number of aromatic nitrogens is 2. The Bertz CT molecular complexity index is 530. The molecule has 0 fully saturated rings. The summed E-state index contributed by atoms with van der Waals surface area (Å²) in [5.41, 5.74) is 0.125. The van der Waals surface area contributed by atoms with E-state index in [9.17, 15) is 9.50 Å². The van der Waals surface area contributed by atoms with Crippen LogP contribution in [0.4, 0.5) is 4.39 Å². The van der Waals surface area contributed by atoms with E-state index in [1.165, 1.54) is 12.1 Å². The Kier molecular flexibility index (Phi) is 3.40. The van der Waals surface area contributed by atoms with E-state index < -0.39 is 11.9 Å². The van der Waals surface area contributed by atoms with Crippen molar-refractivity contribution in [2.75, 3.05) is 0 Å². The topological polar surface area (TPSA) is 59.2 Å². The molecule has 0 amide bonds. The summed E-state index contributed by atoms with van der Waals surface area (Å²) in [4.78, 5) is 3.93. The highest BCUT2D eigenvalue weighted by Crippen LogP contribution is 2.27. The molecule has 0 aliphatic rings. The quantitative estimate of drug-likeness (QED) is 0.917. The molecule has 4 nitrogen and oxygen atoms in total. The number of benzene rings is 1. The zero-order valence-corrected chi connectivity index (χ0v) is 9.78. The number of aliphatic hydroxyl groups is 1. The molecule has 1 N–H and O–H groups in total. The van der Waals surface area contributed by atoms with Gasteiger partial charge in [0.2, 0.25) is 5.82 Å². The average molecular weight is 257 g/mol. The Morgan fingerprint density at radius 1 is 1.53 bits per heavy atom. The highest BCUT2D eigenvalue weighted by molar-refractivity contribution is 6.31. The number of hydrogen-bond donors (Lipinski definition) is 1. The predicted octanol–water partition coefficient (Wildman–Crippen LogP) is 2.97. The first-order valence-corrected chi connectivity index (χ1v) is 5.47. The Labute approximate surface area is 102 Å². The summed E-state index contributed by atoms with van der Waals surface area (Å²) in [7, 11) is 0. The monoisotopic (exact) mass is 256 g/mol. The standard InChI is InChI=1S/C11H10ClFN2O2/c1-2-8(16)10-14-11(17-15-10)6-4-3-5-7(12)9(6)13/h3-5,8,16H,2H2,1H3. The van der Waals surface area contributed by atoms with Crippen molar-refractivity contribution in [3.8, 4) is 11.5 Å². The fourth-order valence-corrected chi connectivity index (χ4v) is 1.51. The maximum absolute atomic E-state index is 13.7. The van der Waals surface area contributed by atoms with Gasteiger partial charge in [-0.1, -0.05) is 29.7 Å². The zero-order valence-electron chi connectivity index (χ0n) is 9.02. The maximum atomic E-state index is 13.7. The fraction of sp³-hybridized carbons (Fsp3) is 0.273. The van der Waals surface area contributed by atoms with Gasteiger partial charge in [-0.3, -0.25) is 0 Å². The number of aliphatic hydroxyl groups excluding tert-OH is 1. The van der Waals surface area contributed by atoms with Crippen LogP contribution in [-0.4, -0.2) is 15.2 Å². The highest BCUT2D eigenvalue weighted by atomic mass is 35.5. The van der Waals surface area contributed by atoms with Crippen LogP contribution in [0.25, 0.3) is 11.5 Å². The van der Waals surface area contributed by atoms with E-state index in [4.69, 9.17) is 16.1 Å². The van der Waals surface area contributed by atoms with Crippen LogP contribution in [-0.2, 0) is 0 Å². The molecule has 2 aromatic rings. The SMILES string of the molecule is CCC(O)c1noc(-c2cccc(Cl)c2F)n1. The van der Waals surface area contributed by atoms with Crippen LogP contribution in [0, 0.1) is 5.82 Å². The Morgan fingerprint density at radius 2 is 2.29 bits per heavy atom. The largest absolute Gasteiger partial charge is 0.385 e. The molecular formula is C11H10ClFN2O2. The molecule has 17 heavy (non-hydrogen) atoms. The number of nitrogens with zero attached hydrogens (tertiary/aromatic N) is 2. The summed E-state index contributed by atoms with van der Waals surface area (Å²) < 4.78 is 18.5. The molecule has 2 rings (SSSR count). The predicted molar refractivity (Wildman–Crippen MR) is 60.0 cm³/mol. The van der Waals surface area contributed by atoms with Crippen LogP contribution < -0.4 is 0 Å². The molecule has 0 aliphatic carbocycles. The third kappa shape index (κ3) is 2.30. The van der Waals surface area contributed by atoms with Crippen molar-refractivity contribution in [1.82, 2.24) is 10.1 Å². The lowest BCUT2D eigenvalue weighted by atomic mass is 10.2. The van der Waals surface area contributed by atoms with Crippen LogP contribution >= 0.6 is 11.6 Å². The summed E-state index contributed by atoms with van der Waals surface area (Å²) in [6.45, 7) is 1.78. The third-order valence-electron chi connectivity index (χ3n) is 2.31. The molecule has 0 spiro atoms. The molecular weight excluding hydrogens is 247 g/mol. The van der Waals surface area contributed by atoms with E-state index in [2.05, 4.69) is 10.1 Å². The van der Waals surface area contributed by atoms with Crippen molar-refractivity contribution in [1.29, 1.82) is 0 Å².